The molecule has 0 fully saturated rings. The minimum Gasteiger partial charge on any atom is -0.440 e. The molecule has 0 aliphatic carbocycles. The molecule has 0 aromatic heterocycles. The van der Waals surface area contributed by atoms with Gasteiger partial charge in [0, 0.05) is 0 Å². The van der Waals surface area contributed by atoms with E-state index in [4.69, 9.17) is 10.1 Å². The molecule has 12 heavy (non-hydrogen) atoms. The Morgan fingerprint density at radius 1 is 1.33 bits per heavy atom. The number of nitrogens with one attached hydrogen (secondary N) is 1. The third kappa shape index (κ3) is 2.58. The Hall–Kier alpha value is -1.57. The minimum atomic E-state index is 0.156. The van der Waals surface area contributed by atoms with Crippen molar-refractivity contribution >= 4 is 5.90 Å². The highest BCUT2D eigenvalue weighted by atomic mass is 16.5. The highest BCUT2D eigenvalue weighted by Crippen LogP contribution is 2.08. The fourth-order valence-electron chi connectivity index (χ4n) is 0.801. The van der Waals surface area contributed by atoms with Crippen LogP contribution in [0.1, 0.15) is 6.92 Å². The highest BCUT2D eigenvalue weighted by molar-refractivity contribution is 5.86. The summed E-state index contributed by atoms with van der Waals surface area (Å²) in [6.45, 7) is 1.85. The molecule has 0 aliphatic heterocycles. The Bertz CT molecular complexity index is 277. The van der Waals surface area contributed by atoms with Crippen molar-refractivity contribution < 1.29 is 4.74 Å². The fraction of sp³-hybridized carbons (Fsp3) is 0.100. The first-order chi connectivity index (χ1) is 5.83. The monoisotopic (exact) mass is 161 g/mol. The number of benzene rings is 1. The van der Waals surface area contributed by atoms with Gasteiger partial charge in [-0.1, -0.05) is 24.3 Å². The van der Waals surface area contributed by atoms with Crippen LogP contribution in [0, 0.1) is 5.41 Å². The zero-order chi connectivity index (χ0) is 8.81. The summed E-state index contributed by atoms with van der Waals surface area (Å²) in [6, 6.07) is 9.29. The predicted molar refractivity (Wildman–Crippen MR) is 49.6 cm³/mol. The van der Waals surface area contributed by atoms with E-state index in [1.165, 1.54) is 0 Å². The van der Waals surface area contributed by atoms with Crippen molar-refractivity contribution in [2.24, 2.45) is 0 Å². The minimum absolute atomic E-state index is 0.156. The predicted octanol–water partition coefficient (Wildman–Crippen LogP) is 2.62. The van der Waals surface area contributed by atoms with Crippen LogP contribution < -0.4 is 4.74 Å². The molecule has 1 rings (SSSR count). The van der Waals surface area contributed by atoms with Crippen LogP contribution in [0.3, 0.4) is 0 Å². The van der Waals surface area contributed by atoms with Gasteiger partial charge in [-0.3, -0.25) is 5.41 Å². The molecule has 0 atom stereocenters. The standard InChI is InChI=1S/C10H11NO/c1-2-6-10(11)12-9-7-4-3-5-8-9/h2-8,11H,1H3/b6-2-,11-10?. The summed E-state index contributed by atoms with van der Waals surface area (Å²) in [5.41, 5.74) is 0. The number of hydrogen-bond donors (Lipinski definition) is 1. The van der Waals surface area contributed by atoms with Crippen molar-refractivity contribution in [3.05, 3.63) is 42.5 Å². The molecule has 0 spiro atoms. The van der Waals surface area contributed by atoms with Crippen molar-refractivity contribution in [2.45, 2.75) is 6.92 Å². The van der Waals surface area contributed by atoms with Gasteiger partial charge in [0.1, 0.15) is 5.75 Å². The van der Waals surface area contributed by atoms with Gasteiger partial charge in [0.25, 0.3) is 0 Å². The van der Waals surface area contributed by atoms with Gasteiger partial charge in [0.05, 0.1) is 0 Å². The van der Waals surface area contributed by atoms with Crippen LogP contribution in [0.4, 0.5) is 0 Å². The van der Waals surface area contributed by atoms with Gasteiger partial charge in [-0.05, 0) is 25.1 Å². The van der Waals surface area contributed by atoms with Crippen molar-refractivity contribution in [3.8, 4) is 5.75 Å². The van der Waals surface area contributed by atoms with Crippen LogP contribution in [0.2, 0.25) is 0 Å². The molecule has 0 bridgehead atoms. The number of hydrogen-bond acceptors (Lipinski definition) is 2. The second-order valence-corrected chi connectivity index (χ2v) is 2.28. The lowest BCUT2D eigenvalue weighted by Crippen LogP contribution is -2.01. The van der Waals surface area contributed by atoms with E-state index in [0.29, 0.717) is 5.75 Å². The molecule has 0 unspecified atom stereocenters. The molecule has 0 radical (unpaired) electrons. The number of ether oxygens (including phenoxy) is 1. The molecule has 2 heteroatoms. The van der Waals surface area contributed by atoms with E-state index in [1.54, 1.807) is 12.2 Å². The fourth-order valence-corrected chi connectivity index (χ4v) is 0.801. The molecule has 1 aromatic carbocycles. The average Bonchev–Trinajstić information content (AvgIpc) is 2.06. The topological polar surface area (TPSA) is 33.1 Å². The molecule has 0 amide bonds. The summed E-state index contributed by atoms with van der Waals surface area (Å²) in [6.07, 6.45) is 3.37. The van der Waals surface area contributed by atoms with Gasteiger partial charge in [0.2, 0.25) is 5.90 Å². The molecule has 1 N–H and O–H groups in total. The maximum absolute atomic E-state index is 7.32. The zero-order valence-corrected chi connectivity index (χ0v) is 6.95. The van der Waals surface area contributed by atoms with Crippen LogP contribution in [-0.2, 0) is 0 Å². The smallest absolute Gasteiger partial charge is 0.211 e. The van der Waals surface area contributed by atoms with E-state index in [0.717, 1.165) is 0 Å². The Labute approximate surface area is 72.0 Å². The summed E-state index contributed by atoms with van der Waals surface area (Å²) in [7, 11) is 0. The summed E-state index contributed by atoms with van der Waals surface area (Å²) >= 11 is 0. The normalized spacial score (nSPS) is 10.1. The van der Waals surface area contributed by atoms with Gasteiger partial charge < -0.3 is 4.74 Å². The maximum atomic E-state index is 7.32. The number of rotatable bonds is 2. The van der Waals surface area contributed by atoms with Gasteiger partial charge >= 0.3 is 0 Å². The lowest BCUT2D eigenvalue weighted by molar-refractivity contribution is 0.550. The summed E-state index contributed by atoms with van der Waals surface area (Å²) in [5, 5.41) is 7.32. The SMILES string of the molecule is C/C=C\C(=N)Oc1ccccc1. The third-order valence-corrected chi connectivity index (χ3v) is 1.29. The van der Waals surface area contributed by atoms with Gasteiger partial charge in [-0.25, -0.2) is 0 Å². The Morgan fingerprint density at radius 2 is 2.00 bits per heavy atom. The molecule has 1 aromatic rings. The lowest BCUT2D eigenvalue weighted by Gasteiger charge is -2.01. The van der Waals surface area contributed by atoms with E-state index < -0.39 is 0 Å². The van der Waals surface area contributed by atoms with Crippen LogP contribution in [0.15, 0.2) is 42.5 Å². The molecule has 0 saturated carbocycles. The van der Waals surface area contributed by atoms with Crippen molar-refractivity contribution in [2.75, 3.05) is 0 Å². The third-order valence-electron chi connectivity index (χ3n) is 1.29. The van der Waals surface area contributed by atoms with E-state index in [9.17, 15) is 0 Å². The summed E-state index contributed by atoms with van der Waals surface area (Å²) in [5.74, 6) is 0.851. The first-order valence-electron chi connectivity index (χ1n) is 3.77. The lowest BCUT2D eigenvalue weighted by atomic mass is 10.3. The van der Waals surface area contributed by atoms with Crippen LogP contribution in [-0.4, -0.2) is 5.90 Å². The number of para-hydroxylation sites is 1. The Kier molecular flexibility index (Phi) is 3.08. The first kappa shape index (κ1) is 8.53. The maximum Gasteiger partial charge on any atom is 0.211 e. The Balaban J connectivity index is 2.59. The summed E-state index contributed by atoms with van der Waals surface area (Å²) in [4.78, 5) is 0. The van der Waals surface area contributed by atoms with Gasteiger partial charge in [0.15, 0.2) is 0 Å². The molecule has 0 heterocycles. The molecule has 0 aliphatic rings. The average molecular weight is 161 g/mol. The van der Waals surface area contributed by atoms with E-state index in [2.05, 4.69) is 0 Å². The first-order valence-corrected chi connectivity index (χ1v) is 3.77. The second-order valence-electron chi connectivity index (χ2n) is 2.28. The van der Waals surface area contributed by atoms with Crippen molar-refractivity contribution in [3.63, 3.8) is 0 Å². The van der Waals surface area contributed by atoms with Gasteiger partial charge in [-0.15, -0.1) is 0 Å². The molecule has 0 saturated heterocycles. The largest absolute Gasteiger partial charge is 0.440 e. The molecular formula is C10H11NO. The number of allylic oxidation sites excluding steroid dienone is 1. The van der Waals surface area contributed by atoms with E-state index in [1.807, 2.05) is 37.3 Å². The molecule has 62 valence electrons. The second kappa shape index (κ2) is 4.34. The Morgan fingerprint density at radius 3 is 2.58 bits per heavy atom. The van der Waals surface area contributed by atoms with Crippen molar-refractivity contribution in [1.82, 2.24) is 0 Å². The van der Waals surface area contributed by atoms with Crippen LogP contribution in [0.5, 0.6) is 5.75 Å². The van der Waals surface area contributed by atoms with Crippen molar-refractivity contribution in [1.29, 1.82) is 5.41 Å². The quantitative estimate of drug-likeness (QED) is 0.525. The highest BCUT2D eigenvalue weighted by Gasteiger charge is 1.92. The van der Waals surface area contributed by atoms with E-state index >= 15 is 0 Å². The molecule has 2 nitrogen and oxygen atoms in total. The van der Waals surface area contributed by atoms with Gasteiger partial charge in [-0.2, -0.15) is 0 Å². The zero-order valence-electron chi connectivity index (χ0n) is 6.95. The van der Waals surface area contributed by atoms with Crippen LogP contribution in [0.25, 0.3) is 0 Å². The summed E-state index contributed by atoms with van der Waals surface area (Å²) < 4.78 is 5.15. The molecular weight excluding hydrogens is 150 g/mol. The van der Waals surface area contributed by atoms with E-state index in [-0.39, 0.29) is 5.90 Å². The van der Waals surface area contributed by atoms with Crippen LogP contribution >= 0.6 is 0 Å².